The molecule has 5 nitrogen and oxygen atoms in total. The summed E-state index contributed by atoms with van der Waals surface area (Å²) in [5.41, 5.74) is 0.334. The van der Waals surface area contributed by atoms with Crippen LogP contribution in [0.1, 0.15) is 5.56 Å². The Balaban J connectivity index is 3.13. The van der Waals surface area contributed by atoms with E-state index in [1.807, 2.05) is 0 Å². The van der Waals surface area contributed by atoms with Gasteiger partial charge in [-0.15, -0.1) is 0 Å². The molecule has 0 spiro atoms. The number of benzene rings is 1. The lowest BCUT2D eigenvalue weighted by atomic mass is 10.1. The molecule has 106 valence electrons. The van der Waals surface area contributed by atoms with Gasteiger partial charge in [0, 0.05) is 7.05 Å². The number of methoxy groups -OCH3 is 1. The molecule has 1 N–H and O–H groups in total. The molecule has 0 atom stereocenters. The third-order valence-electron chi connectivity index (χ3n) is 2.31. The number of nitriles is 1. The highest BCUT2D eigenvalue weighted by atomic mass is 19.3. The minimum Gasteiger partial charge on any atom is -0.493 e. The van der Waals surface area contributed by atoms with Crippen LogP contribution in [0.5, 0.6) is 11.5 Å². The average Bonchev–Trinajstić information content (AvgIpc) is 2.44. The Morgan fingerprint density at radius 2 is 2.15 bits per heavy atom. The number of nitrogens with one attached hydrogen (secondary N) is 1. The van der Waals surface area contributed by atoms with Gasteiger partial charge >= 0.3 is 6.61 Å². The molecule has 0 unspecified atom stereocenters. The number of carbonyl (C=O) groups excluding carboxylic acids is 1. The van der Waals surface area contributed by atoms with Crippen molar-refractivity contribution in [2.45, 2.75) is 6.61 Å². The van der Waals surface area contributed by atoms with Crippen LogP contribution in [0.3, 0.4) is 0 Å². The second-order valence-electron chi connectivity index (χ2n) is 3.54. The molecule has 0 saturated carbocycles. The first-order valence-electron chi connectivity index (χ1n) is 5.48. The van der Waals surface area contributed by atoms with E-state index >= 15 is 0 Å². The molecule has 1 aromatic carbocycles. The first-order chi connectivity index (χ1) is 9.51. The van der Waals surface area contributed by atoms with Gasteiger partial charge in [0.15, 0.2) is 11.5 Å². The molecule has 20 heavy (non-hydrogen) atoms. The smallest absolute Gasteiger partial charge is 0.387 e. The van der Waals surface area contributed by atoms with Crippen LogP contribution in [0.2, 0.25) is 0 Å². The van der Waals surface area contributed by atoms with Crippen molar-refractivity contribution in [2.75, 3.05) is 14.2 Å². The van der Waals surface area contributed by atoms with Crippen molar-refractivity contribution >= 4 is 12.0 Å². The predicted molar refractivity (Wildman–Crippen MR) is 67.3 cm³/mol. The molecule has 1 amide bonds. The number of alkyl halides is 2. The van der Waals surface area contributed by atoms with Gasteiger partial charge in [-0.1, -0.05) is 6.07 Å². The molecule has 0 saturated heterocycles. The van der Waals surface area contributed by atoms with Gasteiger partial charge in [0.2, 0.25) is 0 Å². The molecule has 7 heteroatoms. The Bertz CT molecular complexity index is 565. The Morgan fingerprint density at radius 1 is 1.45 bits per heavy atom. The van der Waals surface area contributed by atoms with E-state index in [9.17, 15) is 13.6 Å². The first kappa shape index (κ1) is 15.4. The SMILES string of the molecule is CNC(=O)/C(C#N)=C/c1ccc(OC(F)F)c(OC)c1. The van der Waals surface area contributed by atoms with Crippen molar-refractivity contribution in [3.05, 3.63) is 29.3 Å². The summed E-state index contributed by atoms with van der Waals surface area (Å²) in [7, 11) is 2.69. The lowest BCUT2D eigenvalue weighted by molar-refractivity contribution is -0.116. The Morgan fingerprint density at radius 3 is 2.65 bits per heavy atom. The molecular weight excluding hydrogens is 270 g/mol. The average molecular weight is 282 g/mol. The number of amides is 1. The van der Waals surface area contributed by atoms with Crippen LogP contribution in [0.4, 0.5) is 8.78 Å². The molecule has 0 fully saturated rings. The monoisotopic (exact) mass is 282 g/mol. The topological polar surface area (TPSA) is 71.4 Å². The number of ether oxygens (including phenoxy) is 2. The first-order valence-corrected chi connectivity index (χ1v) is 5.48. The Kier molecular flexibility index (Phi) is 5.47. The highest BCUT2D eigenvalue weighted by Gasteiger charge is 2.12. The molecule has 0 bridgehead atoms. The van der Waals surface area contributed by atoms with E-state index in [4.69, 9.17) is 10.00 Å². The summed E-state index contributed by atoms with van der Waals surface area (Å²) in [4.78, 5) is 11.4. The van der Waals surface area contributed by atoms with Crippen LogP contribution in [0.25, 0.3) is 6.08 Å². The Hall–Kier alpha value is -2.62. The zero-order valence-corrected chi connectivity index (χ0v) is 10.8. The minimum absolute atomic E-state index is 0.0771. The van der Waals surface area contributed by atoms with E-state index in [0.29, 0.717) is 5.56 Å². The standard InChI is InChI=1S/C13H12F2N2O3/c1-17-12(18)9(7-16)5-8-3-4-10(20-13(14)15)11(6-8)19-2/h3-6,13H,1-2H3,(H,17,18)/b9-5+. The van der Waals surface area contributed by atoms with E-state index in [2.05, 4.69) is 10.1 Å². The van der Waals surface area contributed by atoms with E-state index in [-0.39, 0.29) is 17.1 Å². The predicted octanol–water partition coefficient (Wildman–Crippen LogP) is 1.95. The van der Waals surface area contributed by atoms with Crippen LogP contribution in [0.15, 0.2) is 23.8 Å². The number of carbonyl (C=O) groups is 1. The van der Waals surface area contributed by atoms with Crippen LogP contribution in [-0.2, 0) is 4.79 Å². The van der Waals surface area contributed by atoms with Gasteiger partial charge in [-0.25, -0.2) is 0 Å². The number of rotatable bonds is 5. The van der Waals surface area contributed by atoms with Crippen LogP contribution >= 0.6 is 0 Å². The summed E-state index contributed by atoms with van der Waals surface area (Å²) in [5, 5.41) is 11.2. The van der Waals surface area contributed by atoms with Crippen LogP contribution in [0, 0.1) is 11.3 Å². The number of halogens is 2. The summed E-state index contributed by atoms with van der Waals surface area (Å²) in [6.45, 7) is -2.97. The lowest BCUT2D eigenvalue weighted by Crippen LogP contribution is -2.19. The molecule has 0 aliphatic heterocycles. The number of likely N-dealkylation sites (N-methyl/N-ethyl adjacent to an activating group) is 1. The second-order valence-corrected chi connectivity index (χ2v) is 3.54. The normalized spacial score (nSPS) is 10.9. The fraction of sp³-hybridized carbons (Fsp3) is 0.231. The second kappa shape index (κ2) is 7.09. The zero-order valence-electron chi connectivity index (χ0n) is 10.8. The summed E-state index contributed by atoms with van der Waals surface area (Å²) >= 11 is 0. The number of hydrogen-bond donors (Lipinski definition) is 1. The molecule has 0 aliphatic carbocycles. The number of hydrogen-bond acceptors (Lipinski definition) is 4. The maximum atomic E-state index is 12.2. The van der Waals surface area contributed by atoms with Gasteiger partial charge in [0.05, 0.1) is 7.11 Å². The highest BCUT2D eigenvalue weighted by molar-refractivity contribution is 6.01. The van der Waals surface area contributed by atoms with Crippen molar-refractivity contribution in [1.82, 2.24) is 5.32 Å². The van der Waals surface area contributed by atoms with Crippen molar-refractivity contribution < 1.29 is 23.0 Å². The Labute approximate surface area is 114 Å². The summed E-state index contributed by atoms with van der Waals surface area (Å²) in [5.74, 6) is -0.592. The summed E-state index contributed by atoms with van der Waals surface area (Å²) in [6, 6.07) is 5.83. The number of nitrogens with zero attached hydrogens (tertiary/aromatic N) is 1. The molecule has 0 heterocycles. The highest BCUT2D eigenvalue weighted by Crippen LogP contribution is 2.30. The molecular formula is C13H12F2N2O3. The van der Waals surface area contributed by atoms with Crippen molar-refractivity contribution in [3.8, 4) is 17.6 Å². The van der Waals surface area contributed by atoms with Gasteiger partial charge in [0.1, 0.15) is 11.6 Å². The summed E-state index contributed by atoms with van der Waals surface area (Å²) < 4.78 is 33.5. The van der Waals surface area contributed by atoms with Crippen molar-refractivity contribution in [2.24, 2.45) is 0 Å². The zero-order chi connectivity index (χ0) is 15.1. The molecule has 0 aliphatic rings. The molecule has 0 radical (unpaired) electrons. The van der Waals surface area contributed by atoms with Gasteiger partial charge in [-0.2, -0.15) is 14.0 Å². The summed E-state index contributed by atoms with van der Waals surface area (Å²) in [6.07, 6.45) is 1.31. The quantitative estimate of drug-likeness (QED) is 0.662. The van der Waals surface area contributed by atoms with E-state index in [0.717, 1.165) is 0 Å². The third-order valence-corrected chi connectivity index (χ3v) is 2.31. The minimum atomic E-state index is -2.97. The molecule has 0 aromatic heterocycles. The van der Waals surface area contributed by atoms with E-state index in [1.165, 1.54) is 38.4 Å². The van der Waals surface area contributed by atoms with Gasteiger partial charge < -0.3 is 14.8 Å². The molecule has 1 rings (SSSR count). The van der Waals surface area contributed by atoms with Gasteiger partial charge in [-0.05, 0) is 23.8 Å². The largest absolute Gasteiger partial charge is 0.493 e. The van der Waals surface area contributed by atoms with E-state index < -0.39 is 12.5 Å². The van der Waals surface area contributed by atoms with Gasteiger partial charge in [-0.3, -0.25) is 4.79 Å². The van der Waals surface area contributed by atoms with Crippen LogP contribution < -0.4 is 14.8 Å². The van der Waals surface area contributed by atoms with Crippen molar-refractivity contribution in [3.63, 3.8) is 0 Å². The van der Waals surface area contributed by atoms with Crippen molar-refractivity contribution in [1.29, 1.82) is 5.26 Å². The maximum absolute atomic E-state index is 12.2. The van der Waals surface area contributed by atoms with E-state index in [1.54, 1.807) is 6.07 Å². The lowest BCUT2D eigenvalue weighted by Gasteiger charge is -2.10. The fourth-order valence-corrected chi connectivity index (χ4v) is 1.42. The maximum Gasteiger partial charge on any atom is 0.387 e. The van der Waals surface area contributed by atoms with Gasteiger partial charge in [0.25, 0.3) is 5.91 Å². The molecule has 1 aromatic rings. The third kappa shape index (κ3) is 3.95. The fourth-order valence-electron chi connectivity index (χ4n) is 1.42. The van der Waals surface area contributed by atoms with Crippen LogP contribution in [-0.4, -0.2) is 26.7 Å².